The predicted molar refractivity (Wildman–Crippen MR) is 88.7 cm³/mol. The summed E-state index contributed by atoms with van der Waals surface area (Å²) in [6.45, 7) is 0.190. The Kier molecular flexibility index (Phi) is 6.10. The molecule has 1 atom stereocenters. The third-order valence-electron chi connectivity index (χ3n) is 3.93. The topological polar surface area (TPSA) is 107 Å². The Morgan fingerprint density at radius 1 is 1.24 bits per heavy atom. The van der Waals surface area contributed by atoms with Crippen molar-refractivity contribution >= 4 is 23.8 Å². The van der Waals surface area contributed by atoms with Crippen LogP contribution in [0.5, 0.6) is 0 Å². The first kappa shape index (κ1) is 18.4. The molecule has 2 N–H and O–H groups in total. The first-order valence-electron chi connectivity index (χ1n) is 8.00. The Hall–Kier alpha value is -2.90. The van der Waals surface area contributed by atoms with Gasteiger partial charge in [-0.3, -0.25) is 14.5 Å². The zero-order valence-corrected chi connectivity index (χ0v) is 14.0. The summed E-state index contributed by atoms with van der Waals surface area (Å²) in [5, 5.41) is 11.7. The number of hydrogen-bond donors (Lipinski definition) is 2. The molecule has 25 heavy (non-hydrogen) atoms. The fourth-order valence-electron chi connectivity index (χ4n) is 2.60. The van der Waals surface area contributed by atoms with Crippen LogP contribution in [0.2, 0.25) is 0 Å². The van der Waals surface area contributed by atoms with Gasteiger partial charge >= 0.3 is 12.0 Å². The zero-order valence-electron chi connectivity index (χ0n) is 14.0. The highest BCUT2D eigenvalue weighted by Crippen LogP contribution is 2.09. The van der Waals surface area contributed by atoms with Gasteiger partial charge in [0.15, 0.2) is 0 Å². The monoisotopic (exact) mass is 347 g/mol. The maximum Gasteiger partial charge on any atom is 0.326 e. The second-order valence-corrected chi connectivity index (χ2v) is 5.94. The summed E-state index contributed by atoms with van der Waals surface area (Å²) in [7, 11) is 1.54. The van der Waals surface area contributed by atoms with E-state index in [9.17, 15) is 24.3 Å². The molecule has 0 spiro atoms. The van der Waals surface area contributed by atoms with Crippen LogP contribution in [0.3, 0.4) is 0 Å². The number of amides is 4. The minimum absolute atomic E-state index is 0.0410. The van der Waals surface area contributed by atoms with Crippen molar-refractivity contribution in [2.45, 2.75) is 25.3 Å². The van der Waals surface area contributed by atoms with Gasteiger partial charge in [0, 0.05) is 26.4 Å². The lowest BCUT2D eigenvalue weighted by molar-refractivity contribution is -0.141. The molecule has 1 unspecified atom stereocenters. The number of hydrogen-bond acceptors (Lipinski definition) is 4. The first-order valence-corrected chi connectivity index (χ1v) is 8.00. The summed E-state index contributed by atoms with van der Waals surface area (Å²) >= 11 is 0. The molecular formula is C17H21N3O5. The quantitative estimate of drug-likeness (QED) is 0.665. The van der Waals surface area contributed by atoms with Crippen LogP contribution in [0.25, 0.3) is 0 Å². The van der Waals surface area contributed by atoms with E-state index in [4.69, 9.17) is 0 Å². The number of rotatable bonds is 8. The highest BCUT2D eigenvalue weighted by Gasteiger charge is 2.33. The van der Waals surface area contributed by atoms with Crippen molar-refractivity contribution in [2.24, 2.45) is 0 Å². The minimum Gasteiger partial charge on any atom is -0.480 e. The molecule has 4 amide bonds. The van der Waals surface area contributed by atoms with E-state index >= 15 is 0 Å². The summed E-state index contributed by atoms with van der Waals surface area (Å²) in [4.78, 5) is 49.1. The van der Waals surface area contributed by atoms with Crippen LogP contribution in [0.15, 0.2) is 30.3 Å². The standard InChI is InChI=1S/C17H21N3O5/c1-19-11-15(22)20(17(19)25)9-5-8-14(21)18-13(16(23)24)10-12-6-3-2-4-7-12/h2-4,6-7,13H,5,8-11H2,1H3,(H,18,21)(H,23,24). The van der Waals surface area contributed by atoms with E-state index in [1.807, 2.05) is 6.07 Å². The smallest absolute Gasteiger partial charge is 0.326 e. The van der Waals surface area contributed by atoms with Gasteiger partial charge in [-0.15, -0.1) is 0 Å². The van der Waals surface area contributed by atoms with Crippen molar-refractivity contribution in [1.82, 2.24) is 15.1 Å². The molecule has 8 heteroatoms. The normalized spacial score (nSPS) is 15.4. The lowest BCUT2D eigenvalue weighted by Crippen LogP contribution is -2.42. The summed E-state index contributed by atoms with van der Waals surface area (Å²) in [6.07, 6.45) is 0.518. The fraction of sp³-hybridized carbons (Fsp3) is 0.412. The molecule has 1 fully saturated rings. The summed E-state index contributed by atoms with van der Waals surface area (Å²) in [6, 6.07) is 7.63. The van der Waals surface area contributed by atoms with E-state index in [2.05, 4.69) is 5.32 Å². The van der Waals surface area contributed by atoms with Crippen LogP contribution >= 0.6 is 0 Å². The average Bonchev–Trinajstić information content (AvgIpc) is 2.81. The average molecular weight is 347 g/mol. The lowest BCUT2D eigenvalue weighted by atomic mass is 10.1. The highest BCUT2D eigenvalue weighted by molar-refractivity contribution is 6.01. The lowest BCUT2D eigenvalue weighted by Gasteiger charge is -2.16. The molecule has 134 valence electrons. The van der Waals surface area contributed by atoms with Crippen LogP contribution < -0.4 is 5.32 Å². The molecule has 1 aliphatic heterocycles. The van der Waals surface area contributed by atoms with E-state index in [1.54, 1.807) is 24.3 Å². The Labute approximate surface area is 145 Å². The molecule has 1 aliphatic rings. The molecule has 2 rings (SSSR count). The molecule has 1 saturated heterocycles. The number of carboxylic acids is 1. The molecule has 1 aromatic rings. The van der Waals surface area contributed by atoms with Crippen LogP contribution in [0.1, 0.15) is 18.4 Å². The van der Waals surface area contributed by atoms with Gasteiger partial charge in [-0.1, -0.05) is 30.3 Å². The number of carbonyl (C=O) groups is 4. The van der Waals surface area contributed by atoms with Gasteiger partial charge in [-0.2, -0.15) is 0 Å². The van der Waals surface area contributed by atoms with E-state index in [0.717, 1.165) is 10.5 Å². The van der Waals surface area contributed by atoms with Crippen molar-refractivity contribution < 1.29 is 24.3 Å². The second kappa shape index (κ2) is 8.27. The predicted octanol–water partition coefficient (Wildman–Crippen LogP) is 0.473. The molecule has 0 aromatic heterocycles. The largest absolute Gasteiger partial charge is 0.480 e. The third-order valence-corrected chi connectivity index (χ3v) is 3.93. The SMILES string of the molecule is CN1CC(=O)N(CCCC(=O)NC(Cc2ccccc2)C(=O)O)C1=O. The minimum atomic E-state index is -1.11. The van der Waals surface area contributed by atoms with Crippen molar-refractivity contribution in [1.29, 1.82) is 0 Å². The molecule has 0 aliphatic carbocycles. The van der Waals surface area contributed by atoms with Crippen LogP contribution in [-0.4, -0.2) is 64.9 Å². The van der Waals surface area contributed by atoms with E-state index in [-0.39, 0.29) is 44.3 Å². The van der Waals surface area contributed by atoms with Crippen LogP contribution in [0.4, 0.5) is 4.79 Å². The number of nitrogens with one attached hydrogen (secondary N) is 1. The molecule has 0 bridgehead atoms. The Morgan fingerprint density at radius 2 is 1.92 bits per heavy atom. The van der Waals surface area contributed by atoms with E-state index < -0.39 is 17.9 Å². The Balaban J connectivity index is 1.80. The number of urea groups is 1. The number of likely N-dealkylation sites (N-methyl/N-ethyl adjacent to an activating group) is 1. The molecule has 1 heterocycles. The fourth-order valence-corrected chi connectivity index (χ4v) is 2.60. The zero-order chi connectivity index (χ0) is 18.4. The number of nitrogens with zero attached hydrogens (tertiary/aromatic N) is 2. The van der Waals surface area contributed by atoms with Gasteiger partial charge in [0.25, 0.3) is 0 Å². The van der Waals surface area contributed by atoms with Crippen molar-refractivity contribution in [3.63, 3.8) is 0 Å². The van der Waals surface area contributed by atoms with E-state index in [1.165, 1.54) is 11.9 Å². The highest BCUT2D eigenvalue weighted by atomic mass is 16.4. The van der Waals surface area contributed by atoms with Gasteiger partial charge in [0.2, 0.25) is 11.8 Å². The second-order valence-electron chi connectivity index (χ2n) is 5.94. The van der Waals surface area contributed by atoms with Gasteiger partial charge in [0.05, 0.1) is 0 Å². The summed E-state index contributed by atoms with van der Waals surface area (Å²) in [5.41, 5.74) is 0.812. The Bertz CT molecular complexity index is 662. The van der Waals surface area contributed by atoms with Crippen molar-refractivity contribution in [2.75, 3.05) is 20.1 Å². The molecule has 0 saturated carbocycles. The molecule has 0 radical (unpaired) electrons. The molecule has 1 aromatic carbocycles. The number of carbonyl (C=O) groups excluding carboxylic acids is 3. The van der Waals surface area contributed by atoms with Gasteiger partial charge in [0.1, 0.15) is 12.6 Å². The van der Waals surface area contributed by atoms with Crippen LogP contribution in [0, 0.1) is 0 Å². The van der Waals surface area contributed by atoms with Crippen molar-refractivity contribution in [3.05, 3.63) is 35.9 Å². The van der Waals surface area contributed by atoms with Crippen molar-refractivity contribution in [3.8, 4) is 0 Å². The first-order chi connectivity index (χ1) is 11.9. The summed E-state index contributed by atoms with van der Waals surface area (Å²) < 4.78 is 0. The van der Waals surface area contributed by atoms with Gasteiger partial charge in [-0.25, -0.2) is 9.59 Å². The molecule has 8 nitrogen and oxygen atoms in total. The Morgan fingerprint density at radius 3 is 2.48 bits per heavy atom. The maximum atomic E-state index is 12.0. The molecular weight excluding hydrogens is 326 g/mol. The number of imide groups is 1. The number of benzene rings is 1. The number of carboxylic acid groups (broad SMARTS) is 1. The van der Waals surface area contributed by atoms with Gasteiger partial charge in [-0.05, 0) is 12.0 Å². The van der Waals surface area contributed by atoms with Crippen LogP contribution in [-0.2, 0) is 20.8 Å². The number of aliphatic carboxylic acids is 1. The maximum absolute atomic E-state index is 12.0. The van der Waals surface area contributed by atoms with Gasteiger partial charge < -0.3 is 15.3 Å². The van der Waals surface area contributed by atoms with E-state index in [0.29, 0.717) is 0 Å². The summed E-state index contributed by atoms with van der Waals surface area (Å²) in [5.74, 6) is -1.82. The third kappa shape index (κ3) is 5.03.